The highest BCUT2D eigenvalue weighted by Crippen LogP contribution is 2.23. The smallest absolute Gasteiger partial charge is 0.120 e. The van der Waals surface area contributed by atoms with Crippen LogP contribution in [0.4, 0.5) is 0 Å². The third kappa shape index (κ3) is 3.33. The van der Waals surface area contributed by atoms with Crippen LogP contribution >= 0.6 is 0 Å². The van der Waals surface area contributed by atoms with Crippen LogP contribution in [0.25, 0.3) is 5.57 Å². The second kappa shape index (κ2) is 6.26. The van der Waals surface area contributed by atoms with Crippen molar-refractivity contribution in [2.24, 2.45) is 0 Å². The molecule has 0 radical (unpaired) electrons. The van der Waals surface area contributed by atoms with Crippen molar-refractivity contribution in [3.8, 4) is 0 Å². The van der Waals surface area contributed by atoms with Crippen molar-refractivity contribution in [3.63, 3.8) is 0 Å². The minimum atomic E-state index is 0.227. The Morgan fingerprint density at radius 2 is 2.44 bits per heavy atom. The summed E-state index contributed by atoms with van der Waals surface area (Å²) in [5, 5.41) is 0. The normalized spacial score (nSPS) is 12.4. The Bertz CT molecular complexity index is 355. The Hall–Kier alpha value is -1.38. The van der Waals surface area contributed by atoms with Gasteiger partial charge in [-0.25, -0.2) is 4.98 Å². The lowest BCUT2D eigenvalue weighted by Gasteiger charge is -2.10. The first kappa shape index (κ1) is 12.7. The summed E-state index contributed by atoms with van der Waals surface area (Å²) in [6, 6.07) is 0. The zero-order valence-corrected chi connectivity index (χ0v) is 10.1. The van der Waals surface area contributed by atoms with Crippen LogP contribution in [-0.4, -0.2) is 16.3 Å². The highest BCUT2D eigenvalue weighted by Gasteiger charge is 2.14. The molecule has 1 atom stereocenters. The van der Waals surface area contributed by atoms with E-state index in [-0.39, 0.29) is 5.92 Å². The number of carbonyl (C=O) groups is 1. The van der Waals surface area contributed by atoms with E-state index < -0.39 is 0 Å². The molecule has 0 aliphatic rings. The molecule has 0 aromatic carbocycles. The van der Waals surface area contributed by atoms with E-state index in [0.29, 0.717) is 6.42 Å². The third-order valence-corrected chi connectivity index (χ3v) is 2.71. The third-order valence-electron chi connectivity index (χ3n) is 2.71. The first-order valence-corrected chi connectivity index (χ1v) is 5.83. The quantitative estimate of drug-likeness (QED) is 0.716. The summed E-state index contributed by atoms with van der Waals surface area (Å²) in [4.78, 5) is 18.3. The lowest BCUT2D eigenvalue weighted by atomic mass is 9.98. The van der Waals surface area contributed by atoms with Gasteiger partial charge in [-0.15, -0.1) is 0 Å². The van der Waals surface area contributed by atoms with Crippen LogP contribution in [0, 0.1) is 0 Å². The van der Waals surface area contributed by atoms with Gasteiger partial charge in [0.1, 0.15) is 12.1 Å². The van der Waals surface area contributed by atoms with Gasteiger partial charge in [0.2, 0.25) is 0 Å². The molecule has 1 unspecified atom stereocenters. The van der Waals surface area contributed by atoms with Crippen LogP contribution in [0.2, 0.25) is 0 Å². The predicted octanol–water partition coefficient (Wildman–Crippen LogP) is 3.31. The average molecular weight is 220 g/mol. The first-order chi connectivity index (χ1) is 7.69. The second-order valence-corrected chi connectivity index (χ2v) is 4.19. The molecule has 0 aliphatic heterocycles. The van der Waals surface area contributed by atoms with E-state index in [1.54, 1.807) is 0 Å². The molecule has 0 aliphatic carbocycles. The highest BCUT2D eigenvalue weighted by molar-refractivity contribution is 5.57. The van der Waals surface area contributed by atoms with Gasteiger partial charge in [-0.2, -0.15) is 0 Å². The van der Waals surface area contributed by atoms with Crippen molar-refractivity contribution in [2.75, 3.05) is 0 Å². The lowest BCUT2D eigenvalue weighted by Crippen LogP contribution is -2.02. The van der Waals surface area contributed by atoms with Gasteiger partial charge in [-0.1, -0.05) is 26.3 Å². The number of imidazole rings is 1. The maximum absolute atomic E-state index is 10.6. The predicted molar refractivity (Wildman–Crippen MR) is 66.2 cm³/mol. The molecule has 1 heterocycles. The molecule has 1 aromatic rings. The molecule has 0 saturated heterocycles. The maximum atomic E-state index is 10.6. The van der Waals surface area contributed by atoms with Crippen molar-refractivity contribution in [1.82, 2.24) is 9.97 Å². The number of aldehydes is 1. The number of hydrogen-bond donors (Lipinski definition) is 1. The molecule has 0 saturated carbocycles. The minimum Gasteiger partial charge on any atom is -0.348 e. The molecule has 0 spiro atoms. The zero-order valence-electron chi connectivity index (χ0n) is 10.1. The summed E-state index contributed by atoms with van der Waals surface area (Å²) in [6.07, 6.45) is 6.66. The fourth-order valence-electron chi connectivity index (χ4n) is 1.70. The summed E-state index contributed by atoms with van der Waals surface area (Å²) in [7, 11) is 0. The number of nitrogens with zero attached hydrogens (tertiary/aromatic N) is 1. The van der Waals surface area contributed by atoms with Crippen molar-refractivity contribution < 1.29 is 4.79 Å². The number of carbonyl (C=O) groups excluding carboxylic acids is 1. The monoisotopic (exact) mass is 220 g/mol. The van der Waals surface area contributed by atoms with Gasteiger partial charge in [0.05, 0.1) is 5.69 Å². The van der Waals surface area contributed by atoms with Crippen molar-refractivity contribution in [3.05, 3.63) is 24.3 Å². The molecule has 0 amide bonds. The van der Waals surface area contributed by atoms with E-state index in [2.05, 4.69) is 23.5 Å². The summed E-state index contributed by atoms with van der Waals surface area (Å²) < 4.78 is 0. The first-order valence-electron chi connectivity index (χ1n) is 5.83. The van der Waals surface area contributed by atoms with Crippen LogP contribution < -0.4 is 0 Å². The van der Waals surface area contributed by atoms with Crippen LogP contribution in [0.5, 0.6) is 0 Å². The second-order valence-electron chi connectivity index (χ2n) is 4.19. The van der Waals surface area contributed by atoms with Gasteiger partial charge in [-0.05, 0) is 18.9 Å². The Balaban J connectivity index is 2.74. The van der Waals surface area contributed by atoms with E-state index >= 15 is 0 Å². The van der Waals surface area contributed by atoms with E-state index in [9.17, 15) is 4.79 Å². The van der Waals surface area contributed by atoms with Crippen molar-refractivity contribution in [1.29, 1.82) is 0 Å². The Morgan fingerprint density at radius 3 is 2.94 bits per heavy atom. The average Bonchev–Trinajstić information content (AvgIpc) is 2.73. The molecule has 0 bridgehead atoms. The number of H-pyrrole nitrogens is 1. The van der Waals surface area contributed by atoms with Gasteiger partial charge < -0.3 is 9.78 Å². The van der Waals surface area contributed by atoms with Crippen LogP contribution in [0.3, 0.4) is 0 Å². The van der Waals surface area contributed by atoms with Gasteiger partial charge in [0.15, 0.2) is 0 Å². The van der Waals surface area contributed by atoms with Crippen LogP contribution in [0.15, 0.2) is 12.8 Å². The number of nitrogens with one attached hydrogen (secondary N) is 1. The largest absolute Gasteiger partial charge is 0.348 e. The highest BCUT2D eigenvalue weighted by atomic mass is 16.1. The number of aromatic nitrogens is 2. The lowest BCUT2D eigenvalue weighted by molar-refractivity contribution is -0.108. The Kier molecular flexibility index (Phi) is 4.96. The fraction of sp³-hybridized carbons (Fsp3) is 0.538. The van der Waals surface area contributed by atoms with Crippen molar-refractivity contribution in [2.45, 2.75) is 45.4 Å². The summed E-state index contributed by atoms with van der Waals surface area (Å²) in [5.74, 6) is 1.14. The number of rotatable bonds is 7. The molecule has 1 aromatic heterocycles. The van der Waals surface area contributed by atoms with Gasteiger partial charge in [-0.3, -0.25) is 0 Å². The topological polar surface area (TPSA) is 45.8 Å². The van der Waals surface area contributed by atoms with E-state index in [0.717, 1.165) is 42.6 Å². The summed E-state index contributed by atoms with van der Waals surface area (Å²) in [6.45, 7) is 7.94. The number of aromatic amines is 1. The molecule has 88 valence electrons. The number of unbranched alkanes of at least 4 members (excludes halogenated alkanes) is 1. The molecular weight excluding hydrogens is 200 g/mol. The summed E-state index contributed by atoms with van der Waals surface area (Å²) in [5.41, 5.74) is 1.84. The van der Waals surface area contributed by atoms with E-state index in [1.165, 1.54) is 0 Å². The molecule has 0 fully saturated rings. The molecule has 3 heteroatoms. The van der Waals surface area contributed by atoms with Crippen molar-refractivity contribution >= 4 is 11.9 Å². The number of hydrogen-bond acceptors (Lipinski definition) is 2. The Labute approximate surface area is 97.0 Å². The van der Waals surface area contributed by atoms with Crippen LogP contribution in [0.1, 0.15) is 57.0 Å². The zero-order chi connectivity index (χ0) is 12.0. The fourth-order valence-corrected chi connectivity index (χ4v) is 1.70. The standard InChI is InChI=1S/C13H20N2O/c1-4-5-6-11(7-8-16)13-14-9-12(15-13)10(2)3/h8-9,11H,2,4-7H2,1,3H3,(H,14,15). The SMILES string of the molecule is C=C(C)c1c[nH]c(C(CC=O)CCCC)n1. The molecular formula is C13H20N2O. The van der Waals surface area contributed by atoms with Crippen LogP contribution in [-0.2, 0) is 4.79 Å². The van der Waals surface area contributed by atoms with Gasteiger partial charge >= 0.3 is 0 Å². The Morgan fingerprint density at radius 1 is 1.69 bits per heavy atom. The molecule has 3 nitrogen and oxygen atoms in total. The maximum Gasteiger partial charge on any atom is 0.120 e. The molecule has 1 rings (SSSR count). The minimum absolute atomic E-state index is 0.227. The summed E-state index contributed by atoms with van der Waals surface area (Å²) >= 11 is 0. The van der Waals surface area contributed by atoms with E-state index in [1.807, 2.05) is 13.1 Å². The molecule has 16 heavy (non-hydrogen) atoms. The van der Waals surface area contributed by atoms with E-state index in [4.69, 9.17) is 0 Å². The van der Waals surface area contributed by atoms with Gasteiger partial charge in [0.25, 0.3) is 0 Å². The number of allylic oxidation sites excluding steroid dienone is 1. The molecule has 1 N–H and O–H groups in total. The van der Waals surface area contributed by atoms with Gasteiger partial charge in [0, 0.05) is 18.5 Å².